The van der Waals surface area contributed by atoms with Crippen LogP contribution < -0.4 is 11.1 Å². The van der Waals surface area contributed by atoms with Gasteiger partial charge in [0.25, 0.3) is 0 Å². The van der Waals surface area contributed by atoms with E-state index < -0.39 is 12.0 Å². The summed E-state index contributed by atoms with van der Waals surface area (Å²) in [4.78, 5) is 31.4. The van der Waals surface area contributed by atoms with Crippen LogP contribution in [-0.4, -0.2) is 38.4 Å². The van der Waals surface area contributed by atoms with Gasteiger partial charge in [-0.15, -0.1) is 0 Å². The van der Waals surface area contributed by atoms with Crippen molar-refractivity contribution in [3.05, 3.63) is 60.7 Å². The molecule has 0 unspecified atom stereocenters. The average Bonchev–Trinajstić information content (AvgIpc) is 3.19. The molecule has 0 saturated heterocycles. The van der Waals surface area contributed by atoms with Crippen LogP contribution in [0.25, 0.3) is 11.4 Å². The van der Waals surface area contributed by atoms with E-state index in [4.69, 9.17) is 10.5 Å². The molecular weight excluding hydrogens is 348 g/mol. The van der Waals surface area contributed by atoms with E-state index in [1.54, 1.807) is 29.1 Å². The van der Waals surface area contributed by atoms with Crippen molar-refractivity contribution in [1.82, 2.24) is 19.7 Å². The average molecular weight is 366 g/mol. The summed E-state index contributed by atoms with van der Waals surface area (Å²) in [5.41, 5.74) is 7.17. The summed E-state index contributed by atoms with van der Waals surface area (Å²) >= 11 is 0. The number of rotatable bonds is 7. The lowest BCUT2D eigenvalue weighted by molar-refractivity contribution is 0.1000. The van der Waals surface area contributed by atoms with Crippen LogP contribution >= 0.6 is 0 Å². The van der Waals surface area contributed by atoms with Crippen LogP contribution in [-0.2, 0) is 11.3 Å². The Morgan fingerprint density at radius 1 is 1.15 bits per heavy atom. The number of hydrogen-bond acceptors (Lipinski definition) is 6. The Hall–Kier alpha value is -3.75. The highest BCUT2D eigenvalue weighted by atomic mass is 16.5. The number of amides is 2. The van der Waals surface area contributed by atoms with E-state index >= 15 is 0 Å². The number of primary amides is 1. The summed E-state index contributed by atoms with van der Waals surface area (Å²) in [5.74, 6) is -0.535. The van der Waals surface area contributed by atoms with Crippen LogP contribution in [0.5, 0.6) is 0 Å². The van der Waals surface area contributed by atoms with Gasteiger partial charge < -0.3 is 10.5 Å². The van der Waals surface area contributed by atoms with E-state index in [-0.39, 0.29) is 6.61 Å². The van der Waals surface area contributed by atoms with Crippen LogP contribution in [0.4, 0.5) is 10.5 Å². The van der Waals surface area contributed by atoms with Crippen molar-refractivity contribution in [2.75, 3.05) is 11.9 Å². The second-order valence-corrected chi connectivity index (χ2v) is 5.61. The fourth-order valence-electron chi connectivity index (χ4n) is 2.32. The Bertz CT molecular complexity index is 909. The number of nitrogens with two attached hydrogens (primary N) is 1. The van der Waals surface area contributed by atoms with Gasteiger partial charge in [0.1, 0.15) is 0 Å². The normalized spacial score (nSPS) is 10.4. The predicted octanol–water partition coefficient (Wildman–Crippen LogP) is 2.08. The van der Waals surface area contributed by atoms with E-state index in [1.807, 2.05) is 12.3 Å². The Morgan fingerprint density at radius 2 is 2.04 bits per heavy atom. The maximum Gasteiger partial charge on any atom is 0.411 e. The van der Waals surface area contributed by atoms with Gasteiger partial charge in [0.05, 0.1) is 29.9 Å². The monoisotopic (exact) mass is 366 g/mol. The van der Waals surface area contributed by atoms with Gasteiger partial charge in [0.15, 0.2) is 0 Å². The highest BCUT2D eigenvalue weighted by molar-refractivity contribution is 5.93. The van der Waals surface area contributed by atoms with E-state index in [2.05, 4.69) is 20.4 Å². The largest absolute Gasteiger partial charge is 0.449 e. The highest BCUT2D eigenvalue weighted by Gasteiger charge is 2.07. The van der Waals surface area contributed by atoms with E-state index in [0.717, 1.165) is 0 Å². The number of nitrogens with zero attached hydrogens (tertiary/aromatic N) is 4. The molecule has 0 aromatic carbocycles. The van der Waals surface area contributed by atoms with Crippen molar-refractivity contribution in [2.24, 2.45) is 5.73 Å². The topological polar surface area (TPSA) is 125 Å². The zero-order valence-electron chi connectivity index (χ0n) is 14.4. The minimum atomic E-state index is -0.557. The Labute approximate surface area is 155 Å². The van der Waals surface area contributed by atoms with Gasteiger partial charge in [0, 0.05) is 37.1 Å². The van der Waals surface area contributed by atoms with Gasteiger partial charge in [-0.3, -0.25) is 24.8 Å². The lowest BCUT2D eigenvalue weighted by atomic mass is 10.1. The molecular formula is C18H18N6O3. The van der Waals surface area contributed by atoms with Crippen molar-refractivity contribution >= 4 is 17.7 Å². The number of carbonyl (C=O) groups excluding carboxylic acids is 2. The number of pyridine rings is 2. The van der Waals surface area contributed by atoms with Crippen LogP contribution in [0.15, 0.2) is 55.1 Å². The van der Waals surface area contributed by atoms with Crippen molar-refractivity contribution in [3.8, 4) is 11.4 Å². The third kappa shape index (κ3) is 5.11. The second kappa shape index (κ2) is 8.56. The molecule has 0 saturated carbocycles. The zero-order chi connectivity index (χ0) is 19.1. The van der Waals surface area contributed by atoms with Crippen LogP contribution in [0.2, 0.25) is 0 Å². The Balaban J connectivity index is 1.50. The van der Waals surface area contributed by atoms with Crippen molar-refractivity contribution < 1.29 is 14.3 Å². The molecule has 0 aliphatic rings. The number of carbonyl (C=O) groups is 2. The molecule has 27 heavy (non-hydrogen) atoms. The molecule has 0 spiro atoms. The maximum atomic E-state index is 11.8. The lowest BCUT2D eigenvalue weighted by Gasteiger charge is -2.08. The standard InChI is InChI=1S/C18H18N6O3/c19-17(25)13-5-7-20-16(11-13)15-4-3-14(12-21-15)23-18(26)27-10-2-9-24-8-1-6-22-24/h1,3-8,11-12H,2,9-10H2,(H2,19,25)(H,23,26). The number of nitrogens with one attached hydrogen (secondary N) is 1. The molecule has 3 aromatic heterocycles. The van der Waals surface area contributed by atoms with Crippen LogP contribution in [0.1, 0.15) is 16.8 Å². The van der Waals surface area contributed by atoms with E-state index in [1.165, 1.54) is 18.5 Å². The molecule has 3 aromatic rings. The third-order valence-corrected chi connectivity index (χ3v) is 3.64. The second-order valence-electron chi connectivity index (χ2n) is 5.61. The van der Waals surface area contributed by atoms with E-state index in [0.29, 0.717) is 35.6 Å². The molecule has 138 valence electrons. The summed E-state index contributed by atoms with van der Waals surface area (Å²) in [6.07, 6.45) is 6.63. The first-order chi connectivity index (χ1) is 13.1. The number of aromatic nitrogens is 4. The van der Waals surface area contributed by atoms with E-state index in [9.17, 15) is 9.59 Å². The fourth-order valence-corrected chi connectivity index (χ4v) is 2.32. The van der Waals surface area contributed by atoms with Gasteiger partial charge in [-0.25, -0.2) is 4.79 Å². The minimum absolute atomic E-state index is 0.279. The molecule has 3 heterocycles. The summed E-state index contributed by atoms with van der Waals surface area (Å²) in [6.45, 7) is 0.953. The summed E-state index contributed by atoms with van der Waals surface area (Å²) in [6, 6.07) is 8.28. The molecule has 0 atom stereocenters. The molecule has 0 aliphatic carbocycles. The number of hydrogen-bond donors (Lipinski definition) is 2. The summed E-state index contributed by atoms with van der Waals surface area (Å²) in [5, 5.41) is 6.67. The van der Waals surface area contributed by atoms with Crippen LogP contribution in [0, 0.1) is 0 Å². The van der Waals surface area contributed by atoms with Gasteiger partial charge in [-0.05, 0) is 30.3 Å². The minimum Gasteiger partial charge on any atom is -0.449 e. The van der Waals surface area contributed by atoms with Gasteiger partial charge in [-0.2, -0.15) is 5.10 Å². The fraction of sp³-hybridized carbons (Fsp3) is 0.167. The summed E-state index contributed by atoms with van der Waals surface area (Å²) < 4.78 is 6.89. The van der Waals surface area contributed by atoms with Crippen LogP contribution in [0.3, 0.4) is 0 Å². The Morgan fingerprint density at radius 3 is 2.74 bits per heavy atom. The molecule has 2 amide bonds. The number of ether oxygens (including phenoxy) is 1. The molecule has 0 aliphatic heterocycles. The molecule has 0 radical (unpaired) electrons. The smallest absolute Gasteiger partial charge is 0.411 e. The SMILES string of the molecule is NC(=O)c1ccnc(-c2ccc(NC(=O)OCCCn3cccn3)cn2)c1. The Kier molecular flexibility index (Phi) is 5.73. The van der Waals surface area contributed by atoms with Crippen molar-refractivity contribution in [2.45, 2.75) is 13.0 Å². The quantitative estimate of drug-likeness (QED) is 0.617. The molecule has 3 rings (SSSR count). The zero-order valence-corrected chi connectivity index (χ0v) is 14.4. The molecule has 0 fully saturated rings. The molecule has 3 N–H and O–H groups in total. The number of aryl methyl sites for hydroxylation is 1. The molecule has 9 nitrogen and oxygen atoms in total. The van der Waals surface area contributed by atoms with Gasteiger partial charge >= 0.3 is 6.09 Å². The first-order valence-electron chi connectivity index (χ1n) is 8.25. The summed E-state index contributed by atoms with van der Waals surface area (Å²) in [7, 11) is 0. The van der Waals surface area contributed by atoms with Gasteiger partial charge in [0.2, 0.25) is 5.91 Å². The van der Waals surface area contributed by atoms with Crippen molar-refractivity contribution in [1.29, 1.82) is 0 Å². The number of anilines is 1. The van der Waals surface area contributed by atoms with Gasteiger partial charge in [-0.1, -0.05) is 0 Å². The lowest BCUT2D eigenvalue weighted by Crippen LogP contribution is -2.15. The first-order valence-corrected chi connectivity index (χ1v) is 8.25. The highest BCUT2D eigenvalue weighted by Crippen LogP contribution is 2.17. The van der Waals surface area contributed by atoms with Crippen molar-refractivity contribution in [3.63, 3.8) is 0 Å². The maximum absolute atomic E-state index is 11.8. The first kappa shape index (κ1) is 18.1. The molecule has 0 bridgehead atoms. The third-order valence-electron chi connectivity index (χ3n) is 3.64. The predicted molar refractivity (Wildman–Crippen MR) is 97.8 cm³/mol. The molecule has 9 heteroatoms.